The van der Waals surface area contributed by atoms with Gasteiger partial charge in [-0.2, -0.15) is 0 Å². The zero-order valence-corrected chi connectivity index (χ0v) is 10.1. The van der Waals surface area contributed by atoms with Crippen molar-refractivity contribution in [1.82, 2.24) is 15.6 Å². The van der Waals surface area contributed by atoms with Crippen LogP contribution in [0.15, 0.2) is 18.3 Å². The maximum absolute atomic E-state index is 7.34. The van der Waals surface area contributed by atoms with Gasteiger partial charge in [0.2, 0.25) is 0 Å². The van der Waals surface area contributed by atoms with E-state index in [0.717, 1.165) is 31.8 Å². The van der Waals surface area contributed by atoms with Gasteiger partial charge in [-0.15, -0.1) is 0 Å². The Bertz CT molecular complexity index is 300. The van der Waals surface area contributed by atoms with Crippen LogP contribution in [0, 0.1) is 0 Å². The Morgan fingerprint density at radius 1 is 1.38 bits per heavy atom. The quantitative estimate of drug-likeness (QED) is 0.664. The minimum Gasteiger partial charge on any atom is -0.493 e. The van der Waals surface area contributed by atoms with E-state index in [1.807, 2.05) is 0 Å². The molecule has 0 aliphatic rings. The lowest BCUT2D eigenvalue weighted by Gasteiger charge is -2.17. The average molecular weight is 222 g/mol. The highest BCUT2D eigenvalue weighted by atomic mass is 16.5. The van der Waals surface area contributed by atoms with Crippen LogP contribution in [-0.2, 0) is 0 Å². The molecule has 0 atom stereocenters. The molecule has 1 aromatic heterocycles. The molecule has 0 unspecified atom stereocenters. The molecule has 1 heterocycles. The predicted octanol–water partition coefficient (Wildman–Crippen LogP) is 2.11. The third-order valence-electron chi connectivity index (χ3n) is 2.51. The predicted molar refractivity (Wildman–Crippen MR) is 64.9 cm³/mol. The number of hydrogen-bond donors (Lipinski definition) is 0. The van der Waals surface area contributed by atoms with Gasteiger partial charge in [-0.3, -0.25) is 5.73 Å². The Balaban J connectivity index is 2.20. The van der Waals surface area contributed by atoms with Gasteiger partial charge in [-0.1, -0.05) is 13.8 Å². The van der Waals surface area contributed by atoms with Crippen LogP contribution in [0.4, 0.5) is 5.82 Å². The summed E-state index contributed by atoms with van der Waals surface area (Å²) in [5.41, 5.74) is 7.34. The molecular weight excluding hydrogens is 202 g/mol. The molecule has 4 nitrogen and oxygen atoms in total. The Labute approximate surface area is 97.4 Å². The number of rotatable bonds is 7. The van der Waals surface area contributed by atoms with Gasteiger partial charge >= 0.3 is 0 Å². The molecule has 0 bridgehead atoms. The minimum absolute atomic E-state index is 0.251. The third kappa shape index (κ3) is 4.49. The van der Waals surface area contributed by atoms with Crippen molar-refractivity contribution in [2.75, 3.05) is 26.2 Å². The zero-order valence-electron chi connectivity index (χ0n) is 10.1. The van der Waals surface area contributed by atoms with Gasteiger partial charge in [0.25, 0.3) is 0 Å². The highest BCUT2D eigenvalue weighted by Crippen LogP contribution is 2.12. The van der Waals surface area contributed by atoms with Crippen molar-refractivity contribution in [1.29, 1.82) is 0 Å². The number of nitrogens with one attached hydrogen (secondary N) is 1. The minimum atomic E-state index is 0.251. The summed E-state index contributed by atoms with van der Waals surface area (Å²) in [5, 5.41) is 0. The van der Waals surface area contributed by atoms with Crippen LogP contribution >= 0.6 is 0 Å². The molecule has 0 saturated carbocycles. The fourth-order valence-electron chi connectivity index (χ4n) is 1.52. The molecule has 1 rings (SSSR count). The summed E-state index contributed by atoms with van der Waals surface area (Å²) in [7, 11) is 0. The molecule has 16 heavy (non-hydrogen) atoms. The lowest BCUT2D eigenvalue weighted by molar-refractivity contribution is 0.249. The van der Waals surface area contributed by atoms with Gasteiger partial charge in [0.1, 0.15) is 11.6 Å². The first-order valence-electron chi connectivity index (χ1n) is 5.79. The van der Waals surface area contributed by atoms with E-state index in [2.05, 4.69) is 23.7 Å². The van der Waals surface area contributed by atoms with Gasteiger partial charge in [-0.25, -0.2) is 4.98 Å². The molecule has 89 valence electrons. The standard InChI is InChI=1S/C12H20N3O/c1-3-15(4-2)8-5-9-16-11-6-7-14-12(13)10-11/h6-7,10,13H,3-5,8-9H2,1-2H3. The number of nitrogens with zero attached hydrogens (tertiary/aromatic N) is 2. The van der Waals surface area contributed by atoms with E-state index < -0.39 is 0 Å². The molecule has 0 amide bonds. The monoisotopic (exact) mass is 222 g/mol. The maximum atomic E-state index is 7.34. The largest absolute Gasteiger partial charge is 0.493 e. The van der Waals surface area contributed by atoms with Crippen LogP contribution in [-0.4, -0.2) is 36.1 Å². The van der Waals surface area contributed by atoms with Gasteiger partial charge < -0.3 is 9.64 Å². The van der Waals surface area contributed by atoms with E-state index in [1.54, 1.807) is 18.3 Å². The SMILES string of the molecule is CCN(CC)CCCOc1ccnc([NH])c1. The Hall–Kier alpha value is -1.29. The molecule has 1 radical (unpaired) electrons. The fourth-order valence-corrected chi connectivity index (χ4v) is 1.52. The molecule has 4 heteroatoms. The number of pyridine rings is 1. The van der Waals surface area contributed by atoms with Crippen LogP contribution in [0.3, 0.4) is 0 Å². The molecule has 0 aliphatic carbocycles. The third-order valence-corrected chi connectivity index (χ3v) is 2.51. The van der Waals surface area contributed by atoms with E-state index in [0.29, 0.717) is 6.61 Å². The Kier molecular flexibility index (Phi) is 5.64. The van der Waals surface area contributed by atoms with Gasteiger partial charge in [-0.05, 0) is 25.6 Å². The van der Waals surface area contributed by atoms with E-state index in [-0.39, 0.29) is 5.82 Å². The number of hydrogen-bond acceptors (Lipinski definition) is 3. The number of ether oxygens (including phenoxy) is 1. The Morgan fingerprint density at radius 3 is 2.75 bits per heavy atom. The van der Waals surface area contributed by atoms with Crippen molar-refractivity contribution in [3.63, 3.8) is 0 Å². The average Bonchev–Trinajstić information content (AvgIpc) is 2.29. The normalized spacial score (nSPS) is 10.7. The second-order valence-electron chi connectivity index (χ2n) is 3.61. The fraction of sp³-hybridized carbons (Fsp3) is 0.583. The van der Waals surface area contributed by atoms with Crippen molar-refractivity contribution >= 4 is 5.82 Å². The second-order valence-corrected chi connectivity index (χ2v) is 3.61. The molecule has 1 N–H and O–H groups in total. The maximum Gasteiger partial charge on any atom is 0.148 e. The van der Waals surface area contributed by atoms with Crippen LogP contribution < -0.4 is 10.5 Å². The summed E-state index contributed by atoms with van der Waals surface area (Å²) < 4.78 is 5.54. The first kappa shape index (κ1) is 12.8. The Morgan fingerprint density at radius 2 is 2.12 bits per heavy atom. The summed E-state index contributed by atoms with van der Waals surface area (Å²) in [5.74, 6) is 0.987. The summed E-state index contributed by atoms with van der Waals surface area (Å²) >= 11 is 0. The lowest BCUT2D eigenvalue weighted by atomic mass is 10.4. The van der Waals surface area contributed by atoms with Crippen LogP contribution in [0.5, 0.6) is 5.75 Å². The molecule has 0 fully saturated rings. The van der Waals surface area contributed by atoms with Crippen molar-refractivity contribution in [3.05, 3.63) is 18.3 Å². The lowest BCUT2D eigenvalue weighted by Crippen LogP contribution is -2.25. The summed E-state index contributed by atoms with van der Waals surface area (Å²) in [6.45, 7) is 8.26. The highest BCUT2D eigenvalue weighted by Gasteiger charge is 1.99. The van der Waals surface area contributed by atoms with E-state index >= 15 is 0 Å². The number of aromatic nitrogens is 1. The van der Waals surface area contributed by atoms with Crippen LogP contribution in [0.1, 0.15) is 20.3 Å². The van der Waals surface area contributed by atoms with Crippen molar-refractivity contribution < 1.29 is 4.74 Å². The van der Waals surface area contributed by atoms with Crippen molar-refractivity contribution in [3.8, 4) is 5.75 Å². The summed E-state index contributed by atoms with van der Waals surface area (Å²) in [6.07, 6.45) is 2.61. The van der Waals surface area contributed by atoms with Crippen LogP contribution in [0.2, 0.25) is 0 Å². The molecule has 0 aliphatic heterocycles. The van der Waals surface area contributed by atoms with E-state index in [4.69, 9.17) is 10.5 Å². The molecule has 0 saturated heterocycles. The first-order chi connectivity index (χ1) is 7.76. The topological polar surface area (TPSA) is 49.2 Å². The summed E-state index contributed by atoms with van der Waals surface area (Å²) in [4.78, 5) is 6.17. The van der Waals surface area contributed by atoms with E-state index in [1.165, 1.54) is 0 Å². The van der Waals surface area contributed by atoms with Crippen molar-refractivity contribution in [2.24, 2.45) is 0 Å². The molecule has 0 spiro atoms. The van der Waals surface area contributed by atoms with Gasteiger partial charge in [0.15, 0.2) is 0 Å². The molecule has 1 aromatic rings. The second kappa shape index (κ2) is 7.06. The van der Waals surface area contributed by atoms with Gasteiger partial charge in [0, 0.05) is 18.8 Å². The van der Waals surface area contributed by atoms with Crippen LogP contribution in [0.25, 0.3) is 0 Å². The summed E-state index contributed by atoms with van der Waals surface area (Å²) in [6, 6.07) is 3.42. The van der Waals surface area contributed by atoms with E-state index in [9.17, 15) is 0 Å². The first-order valence-corrected chi connectivity index (χ1v) is 5.79. The van der Waals surface area contributed by atoms with Gasteiger partial charge in [0.05, 0.1) is 6.61 Å². The van der Waals surface area contributed by atoms with Crippen molar-refractivity contribution in [2.45, 2.75) is 20.3 Å². The molecule has 0 aromatic carbocycles. The molecular formula is C12H20N3O. The smallest absolute Gasteiger partial charge is 0.148 e. The highest BCUT2D eigenvalue weighted by molar-refractivity contribution is 5.32. The zero-order chi connectivity index (χ0) is 11.8.